The molecule has 0 N–H and O–H groups in total. The summed E-state index contributed by atoms with van der Waals surface area (Å²) < 4.78 is 16.9. The van der Waals surface area contributed by atoms with E-state index in [2.05, 4.69) is 81.5 Å². The molecule has 6 heteroatoms. The van der Waals surface area contributed by atoms with Crippen LogP contribution in [0.5, 0.6) is 0 Å². The van der Waals surface area contributed by atoms with Crippen LogP contribution in [0.25, 0.3) is 0 Å². The van der Waals surface area contributed by atoms with E-state index >= 15 is 0 Å². The minimum Gasteiger partial charge on any atom is -0.462 e. The molecule has 0 aliphatic carbocycles. The maximum atomic E-state index is 12.9. The van der Waals surface area contributed by atoms with Gasteiger partial charge in [0, 0.05) is 19.3 Å². The van der Waals surface area contributed by atoms with E-state index in [1.54, 1.807) is 0 Å². The number of unbranched alkanes of at least 4 members (excludes halogenated alkanes) is 41. The summed E-state index contributed by atoms with van der Waals surface area (Å²) in [6.07, 6.45) is 84.2. The van der Waals surface area contributed by atoms with Crippen molar-refractivity contribution in [2.45, 2.75) is 361 Å². The highest BCUT2D eigenvalue weighted by Crippen LogP contribution is 2.18. The van der Waals surface area contributed by atoms with Gasteiger partial charge in [-0.3, -0.25) is 14.4 Å². The normalized spacial score (nSPS) is 12.4. The van der Waals surface area contributed by atoms with Crippen LogP contribution in [0.15, 0.2) is 60.8 Å². The third-order valence-corrected chi connectivity index (χ3v) is 15.0. The van der Waals surface area contributed by atoms with Crippen LogP contribution in [0.3, 0.4) is 0 Å². The summed E-state index contributed by atoms with van der Waals surface area (Å²) in [4.78, 5) is 38.2. The molecule has 0 rings (SSSR count). The van der Waals surface area contributed by atoms with E-state index in [1.807, 2.05) is 0 Å². The molecule has 0 saturated carbocycles. The second-order valence-electron chi connectivity index (χ2n) is 22.7. The SMILES string of the molecule is CC/C=C\C/C=C\C/C=C\C/C=C\CCCCC(=O)OC(COC(=O)CCCCCCC/C=C\CCCCC)COC(=O)CCCCCCCCCCCCCCCCCCCCCCCCCCCCCCCCCC. The quantitative estimate of drug-likeness (QED) is 0.0261. The lowest BCUT2D eigenvalue weighted by Gasteiger charge is -2.18. The number of carbonyl (C=O) groups is 3. The van der Waals surface area contributed by atoms with Crippen molar-refractivity contribution in [2.75, 3.05) is 13.2 Å². The molecule has 0 amide bonds. The number of hydrogen-bond acceptors (Lipinski definition) is 6. The lowest BCUT2D eigenvalue weighted by molar-refractivity contribution is -0.167. The van der Waals surface area contributed by atoms with Crippen LogP contribution in [0.1, 0.15) is 355 Å². The van der Waals surface area contributed by atoms with E-state index in [1.165, 1.54) is 225 Å². The lowest BCUT2D eigenvalue weighted by atomic mass is 10.0. The summed E-state index contributed by atoms with van der Waals surface area (Å²) in [5.74, 6) is -0.927. The molecule has 0 fully saturated rings. The van der Waals surface area contributed by atoms with Crippen LogP contribution in [0.2, 0.25) is 0 Å². The van der Waals surface area contributed by atoms with Gasteiger partial charge in [0.25, 0.3) is 0 Å². The van der Waals surface area contributed by atoms with Crippen molar-refractivity contribution < 1.29 is 28.6 Å². The van der Waals surface area contributed by atoms with Crippen LogP contribution in [0.4, 0.5) is 0 Å². The molecule has 0 bridgehead atoms. The van der Waals surface area contributed by atoms with Crippen molar-refractivity contribution >= 4 is 17.9 Å². The summed E-state index contributed by atoms with van der Waals surface area (Å²) in [7, 11) is 0. The third kappa shape index (κ3) is 63.8. The van der Waals surface area contributed by atoms with E-state index in [0.29, 0.717) is 19.3 Å². The lowest BCUT2D eigenvalue weighted by Crippen LogP contribution is -2.30. The Bertz CT molecular complexity index is 1380. The van der Waals surface area contributed by atoms with Crippen molar-refractivity contribution in [1.29, 1.82) is 0 Å². The summed E-state index contributed by atoms with van der Waals surface area (Å²) >= 11 is 0. The Hall–Kier alpha value is -2.89. The zero-order valence-corrected chi connectivity index (χ0v) is 51.5. The van der Waals surface area contributed by atoms with Gasteiger partial charge in [0.15, 0.2) is 6.10 Å². The van der Waals surface area contributed by atoms with Crippen molar-refractivity contribution in [3.8, 4) is 0 Å². The van der Waals surface area contributed by atoms with Gasteiger partial charge in [-0.2, -0.15) is 0 Å². The van der Waals surface area contributed by atoms with Crippen molar-refractivity contribution in [1.82, 2.24) is 0 Å². The van der Waals surface area contributed by atoms with Crippen LogP contribution in [0, 0.1) is 0 Å². The maximum Gasteiger partial charge on any atom is 0.306 e. The van der Waals surface area contributed by atoms with Crippen LogP contribution < -0.4 is 0 Å². The summed E-state index contributed by atoms with van der Waals surface area (Å²) in [5, 5.41) is 0. The van der Waals surface area contributed by atoms with Gasteiger partial charge in [-0.05, 0) is 83.5 Å². The summed E-state index contributed by atoms with van der Waals surface area (Å²) in [5.41, 5.74) is 0. The Labute approximate surface area is 479 Å². The first-order valence-electron chi connectivity index (χ1n) is 33.8. The Kier molecular flexibility index (Phi) is 63.2. The second-order valence-corrected chi connectivity index (χ2v) is 22.7. The number of esters is 3. The minimum atomic E-state index is -0.798. The molecule has 0 spiro atoms. The fourth-order valence-electron chi connectivity index (χ4n) is 9.96. The predicted octanol–water partition coefficient (Wildman–Crippen LogP) is 23.1. The average Bonchev–Trinajstić information content (AvgIpc) is 3.43. The first-order chi connectivity index (χ1) is 38.0. The molecule has 6 nitrogen and oxygen atoms in total. The molecule has 0 aliphatic heterocycles. The summed E-state index contributed by atoms with van der Waals surface area (Å²) in [6.45, 7) is 6.50. The number of carbonyl (C=O) groups excluding carboxylic acids is 3. The molecule has 0 aromatic rings. The monoisotopic (exact) mass is 1080 g/mol. The van der Waals surface area contributed by atoms with E-state index in [-0.39, 0.29) is 37.5 Å². The molecule has 448 valence electrons. The molecule has 1 unspecified atom stereocenters. The highest BCUT2D eigenvalue weighted by molar-refractivity contribution is 5.71. The van der Waals surface area contributed by atoms with Crippen LogP contribution in [-0.2, 0) is 28.6 Å². The third-order valence-electron chi connectivity index (χ3n) is 15.0. The molecule has 0 aliphatic rings. The molecule has 0 radical (unpaired) electrons. The average molecular weight is 1080 g/mol. The molecule has 1 atom stereocenters. The zero-order valence-electron chi connectivity index (χ0n) is 51.5. The Balaban J connectivity index is 4.11. The van der Waals surface area contributed by atoms with Gasteiger partial charge in [0.1, 0.15) is 13.2 Å². The van der Waals surface area contributed by atoms with Gasteiger partial charge in [-0.1, -0.05) is 313 Å². The fourth-order valence-corrected chi connectivity index (χ4v) is 9.96. The van der Waals surface area contributed by atoms with E-state index in [4.69, 9.17) is 14.2 Å². The molecular formula is C71H128O6. The van der Waals surface area contributed by atoms with Gasteiger partial charge >= 0.3 is 17.9 Å². The molecule has 0 aromatic heterocycles. The van der Waals surface area contributed by atoms with Crippen LogP contribution >= 0.6 is 0 Å². The first kappa shape index (κ1) is 74.1. The zero-order chi connectivity index (χ0) is 55.7. The molecule has 0 heterocycles. The largest absolute Gasteiger partial charge is 0.462 e. The Morgan fingerprint density at radius 1 is 0.273 bits per heavy atom. The Morgan fingerprint density at radius 2 is 0.506 bits per heavy atom. The van der Waals surface area contributed by atoms with Crippen molar-refractivity contribution in [3.63, 3.8) is 0 Å². The van der Waals surface area contributed by atoms with E-state index < -0.39 is 6.10 Å². The standard InChI is InChI=1S/C71H128O6/c1-4-7-10-13-16-19-22-25-27-28-29-30-31-32-33-34-35-36-37-38-39-40-41-42-43-45-46-49-52-55-58-61-64-70(73)76-67-68(66-75-69(72)63-60-57-54-51-48-24-21-18-15-12-9-6-3)77-71(74)65-62-59-56-53-50-47-44-26-23-20-17-14-11-8-5-2/h8,11,17-18,20-21,26,44,50,53,68H,4-7,9-10,12-16,19,22-25,27-43,45-49,51-52,54-67H2,1-3H3/b11-8-,20-17-,21-18-,44-26-,53-50-. The van der Waals surface area contributed by atoms with Crippen molar-refractivity contribution in [3.05, 3.63) is 60.8 Å². The number of rotatable bonds is 62. The minimum absolute atomic E-state index is 0.0908. The molecule has 0 aromatic carbocycles. The topological polar surface area (TPSA) is 78.9 Å². The highest BCUT2D eigenvalue weighted by atomic mass is 16.6. The Morgan fingerprint density at radius 3 is 0.857 bits per heavy atom. The first-order valence-corrected chi connectivity index (χ1v) is 33.8. The van der Waals surface area contributed by atoms with Gasteiger partial charge < -0.3 is 14.2 Å². The van der Waals surface area contributed by atoms with E-state index in [0.717, 1.165) is 83.5 Å². The van der Waals surface area contributed by atoms with Gasteiger partial charge in [-0.15, -0.1) is 0 Å². The summed E-state index contributed by atoms with van der Waals surface area (Å²) in [6, 6.07) is 0. The van der Waals surface area contributed by atoms with Crippen LogP contribution in [-0.4, -0.2) is 37.2 Å². The van der Waals surface area contributed by atoms with E-state index in [9.17, 15) is 14.4 Å². The predicted molar refractivity (Wildman–Crippen MR) is 335 cm³/mol. The number of hydrogen-bond donors (Lipinski definition) is 0. The smallest absolute Gasteiger partial charge is 0.306 e. The van der Waals surface area contributed by atoms with Gasteiger partial charge in [0.2, 0.25) is 0 Å². The van der Waals surface area contributed by atoms with Gasteiger partial charge in [-0.25, -0.2) is 0 Å². The molecule has 77 heavy (non-hydrogen) atoms. The highest BCUT2D eigenvalue weighted by Gasteiger charge is 2.19. The number of ether oxygens (including phenoxy) is 3. The second kappa shape index (κ2) is 65.6. The molecular weight excluding hydrogens is 949 g/mol. The van der Waals surface area contributed by atoms with Crippen molar-refractivity contribution in [2.24, 2.45) is 0 Å². The fraction of sp³-hybridized carbons (Fsp3) is 0.817. The maximum absolute atomic E-state index is 12.9. The van der Waals surface area contributed by atoms with Gasteiger partial charge in [0.05, 0.1) is 0 Å². The number of allylic oxidation sites excluding steroid dienone is 10. The molecule has 0 saturated heterocycles.